The number of hydrogen-bond acceptors (Lipinski definition) is 5. The number of nitrogens with one attached hydrogen (secondary N) is 2. The first-order chi connectivity index (χ1) is 11.7. The highest BCUT2D eigenvalue weighted by Crippen LogP contribution is 2.33. The topological polar surface area (TPSA) is 64.6 Å². The maximum atomic E-state index is 12.4. The molecular formula is C19H27N3O2. The monoisotopic (exact) mass is 329 g/mol. The van der Waals surface area contributed by atoms with Crippen LogP contribution in [0.25, 0.3) is 0 Å². The van der Waals surface area contributed by atoms with E-state index < -0.39 is 6.10 Å². The van der Waals surface area contributed by atoms with Crippen molar-refractivity contribution in [2.75, 3.05) is 39.3 Å². The van der Waals surface area contributed by atoms with Crippen LogP contribution in [0.1, 0.15) is 24.3 Å². The lowest BCUT2D eigenvalue weighted by atomic mass is 9.79. The number of rotatable bonds is 5. The summed E-state index contributed by atoms with van der Waals surface area (Å²) in [6.45, 7) is 5.98. The maximum Gasteiger partial charge on any atom is 0.163 e. The Bertz CT molecular complexity index is 567. The molecule has 0 amide bonds. The molecule has 5 nitrogen and oxygen atoms in total. The van der Waals surface area contributed by atoms with Gasteiger partial charge in [-0.05, 0) is 17.9 Å². The van der Waals surface area contributed by atoms with E-state index in [4.69, 9.17) is 0 Å². The summed E-state index contributed by atoms with van der Waals surface area (Å²) >= 11 is 0. The molecule has 1 aliphatic carbocycles. The largest absolute Gasteiger partial charge is 0.389 e. The third-order valence-corrected chi connectivity index (χ3v) is 4.93. The molecule has 0 aromatic heterocycles. The Morgan fingerprint density at radius 2 is 2.00 bits per heavy atom. The first-order valence-electron chi connectivity index (χ1n) is 8.87. The normalized spacial score (nSPS) is 27.4. The molecule has 2 fully saturated rings. The van der Waals surface area contributed by atoms with Crippen LogP contribution in [-0.4, -0.2) is 61.2 Å². The van der Waals surface area contributed by atoms with Crippen LogP contribution in [0.3, 0.4) is 0 Å². The first kappa shape index (κ1) is 17.1. The summed E-state index contributed by atoms with van der Waals surface area (Å²) in [6, 6.07) is 10.00. The minimum atomic E-state index is -0.678. The van der Waals surface area contributed by atoms with Crippen molar-refractivity contribution in [3.8, 4) is 0 Å². The molecule has 1 aliphatic heterocycles. The van der Waals surface area contributed by atoms with Crippen LogP contribution >= 0.6 is 0 Å². The third-order valence-electron chi connectivity index (χ3n) is 4.93. The minimum absolute atomic E-state index is 0.0530. The Hall–Kier alpha value is -1.69. The van der Waals surface area contributed by atoms with Gasteiger partial charge in [-0.25, -0.2) is 0 Å². The fraction of sp³-hybridized carbons (Fsp3) is 0.526. The zero-order valence-electron chi connectivity index (χ0n) is 14.1. The lowest BCUT2D eigenvalue weighted by Gasteiger charge is -2.28. The summed E-state index contributed by atoms with van der Waals surface area (Å²) in [4.78, 5) is 14.8. The van der Waals surface area contributed by atoms with Gasteiger partial charge in [0.05, 0.1) is 6.10 Å². The zero-order valence-corrected chi connectivity index (χ0v) is 14.1. The van der Waals surface area contributed by atoms with Gasteiger partial charge in [-0.15, -0.1) is 0 Å². The molecule has 0 radical (unpaired) electrons. The predicted molar refractivity (Wildman–Crippen MR) is 94.8 cm³/mol. The van der Waals surface area contributed by atoms with Gasteiger partial charge in [0.2, 0.25) is 0 Å². The minimum Gasteiger partial charge on any atom is -0.389 e. The van der Waals surface area contributed by atoms with Gasteiger partial charge in [0.1, 0.15) is 0 Å². The Balaban J connectivity index is 1.50. The summed E-state index contributed by atoms with van der Waals surface area (Å²) in [5, 5.41) is 16.9. The molecule has 0 spiro atoms. The van der Waals surface area contributed by atoms with Crippen LogP contribution in [-0.2, 0) is 4.79 Å². The van der Waals surface area contributed by atoms with Gasteiger partial charge in [0.15, 0.2) is 5.78 Å². The standard InChI is InChI=1S/C19H27N3O2/c23-18-12-16(15-4-2-1-3-5-15)13-19(24)17(18)14-21-8-11-22-9-6-20-7-10-22/h1-5,14,16,18,20-21,23H,6-13H2/b17-14+. The van der Waals surface area contributed by atoms with Crippen LogP contribution < -0.4 is 10.6 Å². The number of Topliss-reactive ketones (excluding diaryl/α,β-unsaturated/α-hetero) is 1. The van der Waals surface area contributed by atoms with Crippen molar-refractivity contribution in [3.05, 3.63) is 47.7 Å². The summed E-state index contributed by atoms with van der Waals surface area (Å²) < 4.78 is 0. The Labute approximate surface area is 143 Å². The highest BCUT2D eigenvalue weighted by molar-refractivity contribution is 5.97. The van der Waals surface area contributed by atoms with E-state index in [0.29, 0.717) is 18.4 Å². The lowest BCUT2D eigenvalue weighted by molar-refractivity contribution is -0.118. The van der Waals surface area contributed by atoms with E-state index in [1.54, 1.807) is 6.20 Å². The molecular weight excluding hydrogens is 302 g/mol. The van der Waals surface area contributed by atoms with Crippen molar-refractivity contribution in [3.63, 3.8) is 0 Å². The van der Waals surface area contributed by atoms with Gasteiger partial charge in [-0.2, -0.15) is 0 Å². The molecule has 1 heterocycles. The summed E-state index contributed by atoms with van der Waals surface area (Å²) in [6.07, 6.45) is 2.15. The number of aliphatic hydroxyl groups is 1. The zero-order chi connectivity index (χ0) is 16.8. The molecule has 1 aromatic carbocycles. The molecule has 5 heteroatoms. The molecule has 24 heavy (non-hydrogen) atoms. The van der Waals surface area contributed by atoms with E-state index in [2.05, 4.69) is 15.5 Å². The van der Waals surface area contributed by atoms with Gasteiger partial charge in [-0.1, -0.05) is 30.3 Å². The highest BCUT2D eigenvalue weighted by Gasteiger charge is 2.31. The van der Waals surface area contributed by atoms with E-state index in [-0.39, 0.29) is 11.7 Å². The summed E-state index contributed by atoms with van der Waals surface area (Å²) in [7, 11) is 0. The molecule has 2 atom stereocenters. The number of benzene rings is 1. The quantitative estimate of drug-likeness (QED) is 0.553. The summed E-state index contributed by atoms with van der Waals surface area (Å²) in [5.41, 5.74) is 1.66. The van der Waals surface area contributed by atoms with Gasteiger partial charge in [0, 0.05) is 57.5 Å². The number of carbonyl (C=O) groups excluding carboxylic acids is 1. The van der Waals surface area contributed by atoms with Crippen molar-refractivity contribution < 1.29 is 9.90 Å². The highest BCUT2D eigenvalue weighted by atomic mass is 16.3. The molecule has 1 saturated carbocycles. The number of aliphatic hydroxyl groups excluding tert-OH is 1. The number of ketones is 1. The second-order valence-corrected chi connectivity index (χ2v) is 6.63. The van der Waals surface area contributed by atoms with Crippen LogP contribution in [0.2, 0.25) is 0 Å². The van der Waals surface area contributed by atoms with Gasteiger partial charge >= 0.3 is 0 Å². The molecule has 2 unspecified atom stereocenters. The molecule has 1 saturated heterocycles. The van der Waals surface area contributed by atoms with E-state index in [0.717, 1.165) is 44.8 Å². The van der Waals surface area contributed by atoms with Crippen LogP contribution in [0.15, 0.2) is 42.1 Å². The second kappa shape index (κ2) is 8.42. The van der Waals surface area contributed by atoms with Crippen molar-refractivity contribution in [1.29, 1.82) is 0 Å². The lowest BCUT2D eigenvalue weighted by Crippen LogP contribution is -2.45. The Kier molecular flexibility index (Phi) is 6.01. The van der Waals surface area contributed by atoms with Crippen LogP contribution in [0.4, 0.5) is 0 Å². The van der Waals surface area contributed by atoms with Gasteiger partial charge < -0.3 is 15.7 Å². The van der Waals surface area contributed by atoms with Crippen molar-refractivity contribution in [2.45, 2.75) is 24.9 Å². The summed E-state index contributed by atoms with van der Waals surface area (Å²) in [5.74, 6) is 0.170. The average Bonchev–Trinajstić information content (AvgIpc) is 2.62. The van der Waals surface area contributed by atoms with Crippen LogP contribution in [0.5, 0.6) is 0 Å². The fourth-order valence-electron chi connectivity index (χ4n) is 3.50. The van der Waals surface area contributed by atoms with Gasteiger partial charge in [0.25, 0.3) is 0 Å². The average molecular weight is 329 g/mol. The Morgan fingerprint density at radius 3 is 2.71 bits per heavy atom. The molecule has 2 aliphatic rings. The second-order valence-electron chi connectivity index (χ2n) is 6.63. The van der Waals surface area contributed by atoms with E-state index in [9.17, 15) is 9.90 Å². The van der Waals surface area contributed by atoms with Crippen LogP contribution in [0, 0.1) is 0 Å². The number of hydrogen-bond donors (Lipinski definition) is 3. The first-order valence-corrected chi connectivity index (χ1v) is 8.87. The predicted octanol–water partition coefficient (Wildman–Crippen LogP) is 0.873. The smallest absolute Gasteiger partial charge is 0.163 e. The number of piperazine rings is 1. The fourth-order valence-corrected chi connectivity index (χ4v) is 3.50. The van der Waals surface area contributed by atoms with E-state index >= 15 is 0 Å². The maximum absolute atomic E-state index is 12.4. The Morgan fingerprint density at radius 1 is 1.25 bits per heavy atom. The molecule has 3 rings (SSSR count). The molecule has 0 bridgehead atoms. The van der Waals surface area contributed by atoms with Crippen molar-refractivity contribution in [2.24, 2.45) is 0 Å². The van der Waals surface area contributed by atoms with E-state index in [1.807, 2.05) is 30.3 Å². The van der Waals surface area contributed by atoms with E-state index in [1.165, 1.54) is 0 Å². The molecule has 1 aromatic rings. The van der Waals surface area contributed by atoms with Gasteiger partial charge in [-0.3, -0.25) is 9.69 Å². The number of carbonyl (C=O) groups is 1. The number of nitrogens with zero attached hydrogens (tertiary/aromatic N) is 1. The third kappa shape index (κ3) is 4.44. The van der Waals surface area contributed by atoms with Crippen molar-refractivity contribution in [1.82, 2.24) is 15.5 Å². The SMILES string of the molecule is O=C1CC(c2ccccc2)CC(O)/C1=C\NCCN1CCNCC1. The van der Waals surface area contributed by atoms with Crippen molar-refractivity contribution >= 4 is 5.78 Å². The molecule has 130 valence electrons. The molecule has 3 N–H and O–H groups in total.